The number of pyridine rings is 1. The predicted octanol–water partition coefficient (Wildman–Crippen LogP) is 2.92. The zero-order valence-electron chi connectivity index (χ0n) is 8.44. The van der Waals surface area contributed by atoms with Crippen molar-refractivity contribution in [1.82, 2.24) is 15.0 Å². The highest BCUT2D eigenvalue weighted by Crippen LogP contribution is 2.43. The molecule has 0 radical (unpaired) electrons. The minimum absolute atomic E-state index is 0.0453. The van der Waals surface area contributed by atoms with Gasteiger partial charge in [0.2, 0.25) is 0 Å². The van der Waals surface area contributed by atoms with Crippen molar-refractivity contribution >= 4 is 11.2 Å². The van der Waals surface area contributed by atoms with Crippen molar-refractivity contribution in [2.75, 3.05) is 0 Å². The number of aromatic nitrogens is 3. The molecule has 92 valence electrons. The maximum Gasteiger partial charge on any atom is 0.458 e. The molecule has 2 rings (SSSR count). The smallest absolute Gasteiger partial charge is 0.341 e. The fraction of sp³-hybridized carbons (Fsp3) is 0.333. The molecular weight excluding hydrogens is 245 g/mol. The second-order valence-corrected chi connectivity index (χ2v) is 3.49. The van der Waals surface area contributed by atoms with Crippen molar-refractivity contribution in [3.05, 3.63) is 23.7 Å². The number of hydrogen-bond acceptors (Lipinski definition) is 2. The van der Waals surface area contributed by atoms with Crippen molar-refractivity contribution in [2.45, 2.75) is 19.0 Å². The SMILES string of the molecule is Cc1nc2ncc(C(F)(F)C(F)(F)F)cc2[nH]1. The Labute approximate surface area is 91.7 Å². The van der Waals surface area contributed by atoms with E-state index in [4.69, 9.17) is 0 Å². The van der Waals surface area contributed by atoms with Crippen LogP contribution in [0.15, 0.2) is 12.3 Å². The number of nitrogens with one attached hydrogen (secondary N) is 1. The maximum atomic E-state index is 13.0. The monoisotopic (exact) mass is 251 g/mol. The van der Waals surface area contributed by atoms with E-state index in [1.54, 1.807) is 6.92 Å². The number of alkyl halides is 5. The molecule has 1 N–H and O–H groups in total. The number of imidazole rings is 1. The van der Waals surface area contributed by atoms with Gasteiger partial charge < -0.3 is 4.98 Å². The highest BCUT2D eigenvalue weighted by Gasteiger charge is 2.59. The third-order valence-corrected chi connectivity index (χ3v) is 2.17. The second kappa shape index (κ2) is 3.38. The number of fused-ring (bicyclic) bond motifs is 1. The summed E-state index contributed by atoms with van der Waals surface area (Å²) in [6.07, 6.45) is -5.16. The minimum atomic E-state index is -5.64. The predicted molar refractivity (Wildman–Crippen MR) is 48.6 cm³/mol. The van der Waals surface area contributed by atoms with E-state index in [9.17, 15) is 22.0 Å². The molecule has 0 amide bonds. The lowest BCUT2D eigenvalue weighted by molar-refractivity contribution is -0.289. The van der Waals surface area contributed by atoms with E-state index in [2.05, 4.69) is 15.0 Å². The molecule has 0 atom stereocenters. The normalized spacial score (nSPS) is 13.3. The van der Waals surface area contributed by atoms with Crippen molar-refractivity contribution < 1.29 is 22.0 Å². The van der Waals surface area contributed by atoms with Crippen LogP contribution in [0.2, 0.25) is 0 Å². The first-order chi connectivity index (χ1) is 7.72. The molecule has 0 saturated carbocycles. The number of hydrogen-bond donors (Lipinski definition) is 1. The van der Waals surface area contributed by atoms with Crippen LogP contribution in [0.5, 0.6) is 0 Å². The summed E-state index contributed by atoms with van der Waals surface area (Å²) < 4.78 is 62.4. The largest absolute Gasteiger partial charge is 0.458 e. The molecule has 0 saturated heterocycles. The average molecular weight is 251 g/mol. The number of halogens is 5. The molecule has 2 heterocycles. The molecule has 3 nitrogen and oxygen atoms in total. The maximum absolute atomic E-state index is 13.0. The third kappa shape index (κ3) is 1.83. The summed E-state index contributed by atoms with van der Waals surface area (Å²) in [5.74, 6) is -4.53. The lowest BCUT2D eigenvalue weighted by Crippen LogP contribution is -2.33. The van der Waals surface area contributed by atoms with E-state index in [0.29, 0.717) is 18.1 Å². The Hall–Kier alpha value is -1.73. The van der Waals surface area contributed by atoms with Gasteiger partial charge >= 0.3 is 12.1 Å². The van der Waals surface area contributed by atoms with Gasteiger partial charge in [-0.15, -0.1) is 0 Å². The van der Waals surface area contributed by atoms with Gasteiger partial charge in [0.1, 0.15) is 5.82 Å². The van der Waals surface area contributed by atoms with E-state index in [0.717, 1.165) is 0 Å². The first kappa shape index (κ1) is 11.7. The van der Waals surface area contributed by atoms with Crippen LogP contribution in [-0.4, -0.2) is 21.1 Å². The van der Waals surface area contributed by atoms with Gasteiger partial charge in [-0.2, -0.15) is 22.0 Å². The Morgan fingerprint density at radius 1 is 1.18 bits per heavy atom. The highest BCUT2D eigenvalue weighted by molar-refractivity contribution is 5.71. The van der Waals surface area contributed by atoms with Crippen LogP contribution in [-0.2, 0) is 5.92 Å². The molecule has 0 aliphatic heterocycles. The van der Waals surface area contributed by atoms with Gasteiger partial charge in [-0.3, -0.25) is 0 Å². The standard InChI is InChI=1S/C9H6F5N3/c1-4-16-6-2-5(3-15-7(6)17-4)8(10,11)9(12,13)14/h2-3H,1H3,(H,15,16,17). The van der Waals surface area contributed by atoms with Gasteiger partial charge in [0.15, 0.2) is 5.65 Å². The van der Waals surface area contributed by atoms with Crippen LogP contribution in [0, 0.1) is 6.92 Å². The molecule has 0 aliphatic rings. The molecule has 0 fully saturated rings. The summed E-state index contributed by atoms with van der Waals surface area (Å²) in [5.41, 5.74) is -1.06. The summed E-state index contributed by atoms with van der Waals surface area (Å²) in [7, 11) is 0. The summed E-state index contributed by atoms with van der Waals surface area (Å²) in [6, 6.07) is 0.704. The van der Waals surface area contributed by atoms with Crippen LogP contribution >= 0.6 is 0 Å². The summed E-state index contributed by atoms with van der Waals surface area (Å²) >= 11 is 0. The molecule has 0 unspecified atom stereocenters. The van der Waals surface area contributed by atoms with E-state index in [-0.39, 0.29) is 11.2 Å². The van der Waals surface area contributed by atoms with Crippen molar-refractivity contribution in [1.29, 1.82) is 0 Å². The Morgan fingerprint density at radius 2 is 1.82 bits per heavy atom. The zero-order chi connectivity index (χ0) is 12.8. The number of aromatic amines is 1. The van der Waals surface area contributed by atoms with Crippen LogP contribution in [0.4, 0.5) is 22.0 Å². The zero-order valence-corrected chi connectivity index (χ0v) is 8.44. The average Bonchev–Trinajstić information content (AvgIpc) is 2.54. The Kier molecular flexibility index (Phi) is 2.33. The molecular formula is C9H6F5N3. The lowest BCUT2D eigenvalue weighted by Gasteiger charge is -2.19. The van der Waals surface area contributed by atoms with E-state index in [1.807, 2.05) is 0 Å². The third-order valence-electron chi connectivity index (χ3n) is 2.17. The fourth-order valence-electron chi connectivity index (χ4n) is 1.36. The fourth-order valence-corrected chi connectivity index (χ4v) is 1.36. The molecule has 2 aromatic rings. The van der Waals surface area contributed by atoms with Gasteiger partial charge in [0, 0.05) is 6.20 Å². The molecule has 17 heavy (non-hydrogen) atoms. The Bertz CT molecular complexity index is 557. The summed E-state index contributed by atoms with van der Waals surface area (Å²) in [6.45, 7) is 1.54. The minimum Gasteiger partial charge on any atom is -0.341 e. The van der Waals surface area contributed by atoms with Gasteiger partial charge in [0.05, 0.1) is 11.1 Å². The summed E-state index contributed by atoms with van der Waals surface area (Å²) in [5, 5.41) is 0. The first-order valence-electron chi connectivity index (χ1n) is 4.49. The molecule has 0 aromatic carbocycles. The number of aryl methyl sites for hydroxylation is 1. The number of H-pyrrole nitrogens is 1. The molecule has 0 aliphatic carbocycles. The Balaban J connectivity index is 2.56. The molecule has 2 aromatic heterocycles. The van der Waals surface area contributed by atoms with E-state index in [1.165, 1.54) is 0 Å². The van der Waals surface area contributed by atoms with Crippen molar-refractivity contribution in [3.8, 4) is 0 Å². The van der Waals surface area contributed by atoms with Gasteiger partial charge in [0.25, 0.3) is 0 Å². The quantitative estimate of drug-likeness (QED) is 0.792. The molecule has 8 heteroatoms. The van der Waals surface area contributed by atoms with Crippen LogP contribution in [0.25, 0.3) is 11.2 Å². The molecule has 0 bridgehead atoms. The van der Waals surface area contributed by atoms with Gasteiger partial charge in [-0.1, -0.05) is 0 Å². The number of nitrogens with zero attached hydrogens (tertiary/aromatic N) is 2. The van der Waals surface area contributed by atoms with Crippen LogP contribution in [0.3, 0.4) is 0 Å². The van der Waals surface area contributed by atoms with Crippen molar-refractivity contribution in [3.63, 3.8) is 0 Å². The molecule has 0 spiro atoms. The van der Waals surface area contributed by atoms with Gasteiger partial charge in [-0.25, -0.2) is 9.97 Å². The first-order valence-corrected chi connectivity index (χ1v) is 4.49. The summed E-state index contributed by atoms with van der Waals surface area (Å²) in [4.78, 5) is 9.81. The van der Waals surface area contributed by atoms with Crippen LogP contribution < -0.4 is 0 Å². The van der Waals surface area contributed by atoms with E-state index >= 15 is 0 Å². The highest BCUT2D eigenvalue weighted by atomic mass is 19.4. The van der Waals surface area contributed by atoms with Gasteiger partial charge in [-0.05, 0) is 13.0 Å². The number of rotatable bonds is 1. The lowest BCUT2D eigenvalue weighted by atomic mass is 10.1. The van der Waals surface area contributed by atoms with Crippen LogP contribution in [0.1, 0.15) is 11.4 Å². The van der Waals surface area contributed by atoms with E-state index < -0.39 is 17.7 Å². The topological polar surface area (TPSA) is 41.6 Å². The Morgan fingerprint density at radius 3 is 2.41 bits per heavy atom. The van der Waals surface area contributed by atoms with Crippen molar-refractivity contribution in [2.24, 2.45) is 0 Å². The second-order valence-electron chi connectivity index (χ2n) is 3.49.